The van der Waals surface area contributed by atoms with E-state index in [0.29, 0.717) is 17.5 Å². The van der Waals surface area contributed by atoms with E-state index in [-0.39, 0.29) is 0 Å². The number of rotatable bonds is 5. The predicted molar refractivity (Wildman–Crippen MR) is 203 cm³/mol. The van der Waals surface area contributed by atoms with Crippen LogP contribution < -0.4 is 0 Å². The van der Waals surface area contributed by atoms with Crippen LogP contribution >= 0.6 is 0 Å². The second kappa shape index (κ2) is 11.4. The zero-order valence-electron chi connectivity index (χ0n) is 26.9. The third kappa shape index (κ3) is 4.60. The zero-order valence-corrected chi connectivity index (χ0v) is 26.9. The molecule has 3 heterocycles. The van der Waals surface area contributed by atoms with Crippen LogP contribution in [0.2, 0.25) is 0 Å². The summed E-state index contributed by atoms with van der Waals surface area (Å²) in [7, 11) is 0. The van der Waals surface area contributed by atoms with Crippen LogP contribution in [0.15, 0.2) is 174 Å². The highest BCUT2D eigenvalue weighted by molar-refractivity contribution is 6.11. The summed E-state index contributed by atoms with van der Waals surface area (Å²) < 4.78 is 8.90. The lowest BCUT2D eigenvalue weighted by molar-refractivity contribution is 0.670. The maximum absolute atomic E-state index is 6.58. The highest BCUT2D eigenvalue weighted by atomic mass is 16.3. The summed E-state index contributed by atoms with van der Waals surface area (Å²) in [6.45, 7) is 0. The van der Waals surface area contributed by atoms with Gasteiger partial charge in [0.25, 0.3) is 0 Å². The second-order valence-corrected chi connectivity index (χ2v) is 12.5. The summed E-state index contributed by atoms with van der Waals surface area (Å²) in [6, 6.07) is 58.5. The Kier molecular flexibility index (Phi) is 6.42. The Morgan fingerprint density at radius 2 is 0.920 bits per heavy atom. The molecule has 7 aromatic carbocycles. The molecular weight excluding hydrogens is 613 g/mol. The number of hydrogen-bond acceptors (Lipinski definition) is 4. The first kappa shape index (κ1) is 28.2. The summed E-state index contributed by atoms with van der Waals surface area (Å²) in [5.74, 6) is 1.80. The number of aromatic nitrogens is 4. The number of para-hydroxylation sites is 3. The lowest BCUT2D eigenvalue weighted by Crippen LogP contribution is -2.01. The molecule has 0 N–H and O–H groups in total. The van der Waals surface area contributed by atoms with Gasteiger partial charge in [0.05, 0.1) is 11.0 Å². The Balaban J connectivity index is 1.14. The SMILES string of the molecule is c1ccc(-c2nc(-c3cccc(-n4c5ccccc5c5ccccc54)c3)nc(-c3ccc4c(c3)oc3c(-c5ccccc5)cccc34)n2)cc1. The fourth-order valence-electron chi connectivity index (χ4n) is 7.12. The summed E-state index contributed by atoms with van der Waals surface area (Å²) >= 11 is 0. The highest BCUT2D eigenvalue weighted by Gasteiger charge is 2.17. The van der Waals surface area contributed by atoms with Gasteiger partial charge in [-0.05, 0) is 42.0 Å². The van der Waals surface area contributed by atoms with Crippen molar-refractivity contribution in [3.05, 3.63) is 170 Å². The number of hydrogen-bond donors (Lipinski definition) is 0. The van der Waals surface area contributed by atoms with E-state index in [2.05, 4.69) is 132 Å². The molecule has 0 atom stereocenters. The molecule has 234 valence electrons. The van der Waals surface area contributed by atoms with Crippen molar-refractivity contribution in [1.82, 2.24) is 19.5 Å². The summed E-state index contributed by atoms with van der Waals surface area (Å²) in [6.07, 6.45) is 0. The maximum atomic E-state index is 6.58. The minimum absolute atomic E-state index is 0.585. The minimum Gasteiger partial charge on any atom is -0.455 e. The van der Waals surface area contributed by atoms with Gasteiger partial charge in [-0.15, -0.1) is 0 Å². The molecule has 0 radical (unpaired) electrons. The van der Waals surface area contributed by atoms with Crippen molar-refractivity contribution in [3.63, 3.8) is 0 Å². The molecular formula is C45H28N4O. The Morgan fingerprint density at radius 3 is 1.62 bits per heavy atom. The summed E-state index contributed by atoms with van der Waals surface area (Å²) in [5.41, 5.74) is 9.89. The minimum atomic E-state index is 0.585. The lowest BCUT2D eigenvalue weighted by Gasteiger charge is -2.11. The van der Waals surface area contributed by atoms with Gasteiger partial charge in [-0.25, -0.2) is 15.0 Å². The van der Waals surface area contributed by atoms with Gasteiger partial charge < -0.3 is 8.98 Å². The smallest absolute Gasteiger partial charge is 0.164 e. The van der Waals surface area contributed by atoms with Crippen LogP contribution in [0.3, 0.4) is 0 Å². The first-order valence-electron chi connectivity index (χ1n) is 16.7. The van der Waals surface area contributed by atoms with Gasteiger partial charge in [-0.2, -0.15) is 0 Å². The van der Waals surface area contributed by atoms with Gasteiger partial charge in [0, 0.05) is 49.5 Å². The van der Waals surface area contributed by atoms with Crippen LogP contribution in [0, 0.1) is 0 Å². The Bertz CT molecular complexity index is 2820. The Labute approximate surface area is 287 Å². The fourth-order valence-corrected chi connectivity index (χ4v) is 7.12. The normalized spacial score (nSPS) is 11.6. The molecule has 50 heavy (non-hydrogen) atoms. The Hall–Kier alpha value is -6.85. The largest absolute Gasteiger partial charge is 0.455 e. The van der Waals surface area contributed by atoms with Crippen molar-refractivity contribution in [2.24, 2.45) is 0 Å². The molecule has 0 aliphatic carbocycles. The second-order valence-electron chi connectivity index (χ2n) is 12.5. The molecule has 0 bridgehead atoms. The average Bonchev–Trinajstić information content (AvgIpc) is 3.74. The van der Waals surface area contributed by atoms with Gasteiger partial charge in [-0.1, -0.05) is 133 Å². The predicted octanol–water partition coefficient (Wildman–Crippen LogP) is 11.5. The molecule has 0 aliphatic heterocycles. The van der Waals surface area contributed by atoms with Gasteiger partial charge in [0.15, 0.2) is 17.5 Å². The number of benzene rings is 7. The third-order valence-corrected chi connectivity index (χ3v) is 9.45. The fraction of sp³-hybridized carbons (Fsp3) is 0. The van der Waals surface area contributed by atoms with Crippen molar-refractivity contribution in [3.8, 4) is 51.0 Å². The van der Waals surface area contributed by atoms with E-state index >= 15 is 0 Å². The van der Waals surface area contributed by atoms with Crippen LogP contribution in [-0.2, 0) is 0 Å². The molecule has 0 saturated heterocycles. The number of nitrogens with zero attached hydrogens (tertiary/aromatic N) is 4. The lowest BCUT2D eigenvalue weighted by atomic mass is 10.0. The first-order valence-corrected chi connectivity index (χ1v) is 16.7. The van der Waals surface area contributed by atoms with Crippen molar-refractivity contribution < 1.29 is 4.42 Å². The molecule has 0 aliphatic rings. The highest BCUT2D eigenvalue weighted by Crippen LogP contribution is 2.38. The first-order chi connectivity index (χ1) is 24.8. The topological polar surface area (TPSA) is 56.7 Å². The Morgan fingerprint density at radius 1 is 0.380 bits per heavy atom. The summed E-state index contributed by atoms with van der Waals surface area (Å²) in [4.78, 5) is 15.1. The molecule has 5 heteroatoms. The number of fused-ring (bicyclic) bond motifs is 6. The van der Waals surface area contributed by atoms with Crippen molar-refractivity contribution in [2.75, 3.05) is 0 Å². The van der Waals surface area contributed by atoms with Gasteiger partial charge in [0.1, 0.15) is 11.2 Å². The molecule has 0 amide bonds. The van der Waals surface area contributed by atoms with Crippen LogP contribution in [-0.4, -0.2) is 19.5 Å². The molecule has 0 fully saturated rings. The number of furan rings is 1. The summed E-state index contributed by atoms with van der Waals surface area (Å²) in [5, 5.41) is 4.58. The zero-order chi connectivity index (χ0) is 33.0. The standard InChI is InChI=1S/C45H28N4O/c1-3-13-29(14-4-1)34-21-12-22-38-37-26-25-32(28-41(37)50-42(34)38)45-47-43(30-15-5-2-6-16-30)46-44(48-45)31-17-11-18-33(27-31)49-39-23-9-7-19-35(39)36-20-8-10-24-40(36)49/h1-28H. The molecule has 10 rings (SSSR count). The monoisotopic (exact) mass is 640 g/mol. The molecule has 10 aromatic rings. The van der Waals surface area contributed by atoms with Gasteiger partial charge in [-0.3, -0.25) is 0 Å². The van der Waals surface area contributed by atoms with Crippen molar-refractivity contribution in [1.29, 1.82) is 0 Å². The van der Waals surface area contributed by atoms with E-state index in [4.69, 9.17) is 19.4 Å². The van der Waals surface area contributed by atoms with Crippen LogP contribution in [0.25, 0.3) is 94.7 Å². The molecule has 3 aromatic heterocycles. The maximum Gasteiger partial charge on any atom is 0.164 e. The van der Waals surface area contributed by atoms with E-state index in [9.17, 15) is 0 Å². The van der Waals surface area contributed by atoms with E-state index < -0.39 is 0 Å². The van der Waals surface area contributed by atoms with Crippen LogP contribution in [0.5, 0.6) is 0 Å². The van der Waals surface area contributed by atoms with Crippen LogP contribution in [0.1, 0.15) is 0 Å². The van der Waals surface area contributed by atoms with Crippen molar-refractivity contribution in [2.45, 2.75) is 0 Å². The molecule has 0 unspecified atom stereocenters. The third-order valence-electron chi connectivity index (χ3n) is 9.45. The van der Waals surface area contributed by atoms with E-state index in [1.165, 1.54) is 10.8 Å². The van der Waals surface area contributed by atoms with E-state index in [1.807, 2.05) is 42.5 Å². The average molecular weight is 641 g/mol. The molecule has 0 spiro atoms. The van der Waals surface area contributed by atoms with Crippen molar-refractivity contribution >= 4 is 43.7 Å². The van der Waals surface area contributed by atoms with Gasteiger partial charge >= 0.3 is 0 Å². The van der Waals surface area contributed by atoms with E-state index in [0.717, 1.165) is 66.5 Å². The molecule has 0 saturated carbocycles. The van der Waals surface area contributed by atoms with Crippen LogP contribution in [0.4, 0.5) is 0 Å². The van der Waals surface area contributed by atoms with E-state index in [1.54, 1.807) is 0 Å². The quantitative estimate of drug-likeness (QED) is 0.188. The molecule has 5 nitrogen and oxygen atoms in total. The van der Waals surface area contributed by atoms with Gasteiger partial charge in [0.2, 0.25) is 0 Å².